The summed E-state index contributed by atoms with van der Waals surface area (Å²) < 4.78 is 6.89. The lowest BCUT2D eigenvalue weighted by atomic mass is 10.2. The van der Waals surface area contributed by atoms with Crippen LogP contribution in [0.4, 0.5) is 0 Å². The largest absolute Gasteiger partial charge is 0.467 e. The van der Waals surface area contributed by atoms with E-state index < -0.39 is 6.04 Å². The van der Waals surface area contributed by atoms with Crippen molar-refractivity contribution in [3.8, 4) is 0 Å². The monoisotopic (exact) mass is 392 g/mol. The topological polar surface area (TPSA) is 89.2 Å². The van der Waals surface area contributed by atoms with E-state index in [1.807, 2.05) is 6.92 Å². The van der Waals surface area contributed by atoms with E-state index in [-0.39, 0.29) is 18.4 Å². The van der Waals surface area contributed by atoms with Gasteiger partial charge in [-0.15, -0.1) is 0 Å². The molecular formula is C19H25ClN4O3. The first-order chi connectivity index (χ1) is 12.9. The molecule has 0 aliphatic heterocycles. The SMILES string of the molecule is CCCCn1nc(C)c(/C=C/C(=O)NC(C)C(=O)NCc2ccco2)c1Cl. The molecule has 0 bridgehead atoms. The molecule has 7 nitrogen and oxygen atoms in total. The number of aryl methyl sites for hydroxylation is 2. The molecule has 2 amide bonds. The van der Waals surface area contributed by atoms with Gasteiger partial charge in [-0.05, 0) is 38.5 Å². The van der Waals surface area contributed by atoms with Crippen molar-refractivity contribution in [3.05, 3.63) is 46.6 Å². The Bertz CT molecular complexity index is 796. The van der Waals surface area contributed by atoms with Gasteiger partial charge in [0.05, 0.1) is 18.5 Å². The second-order valence-electron chi connectivity index (χ2n) is 6.23. The zero-order chi connectivity index (χ0) is 19.8. The van der Waals surface area contributed by atoms with Gasteiger partial charge in [-0.1, -0.05) is 24.9 Å². The highest BCUT2D eigenvalue weighted by Crippen LogP contribution is 2.21. The van der Waals surface area contributed by atoms with E-state index in [0.717, 1.165) is 25.1 Å². The Morgan fingerprint density at radius 2 is 2.22 bits per heavy atom. The molecule has 146 valence electrons. The quantitative estimate of drug-likeness (QED) is 0.642. The third-order valence-corrected chi connectivity index (χ3v) is 4.40. The Morgan fingerprint density at radius 1 is 1.44 bits per heavy atom. The van der Waals surface area contributed by atoms with Crippen LogP contribution in [-0.4, -0.2) is 27.6 Å². The molecule has 0 aliphatic carbocycles. The number of carbonyl (C=O) groups excluding carboxylic acids is 2. The minimum atomic E-state index is -0.680. The predicted molar refractivity (Wildman–Crippen MR) is 104 cm³/mol. The number of halogens is 1. The molecule has 0 fully saturated rings. The van der Waals surface area contributed by atoms with Crippen LogP contribution in [0.2, 0.25) is 5.15 Å². The summed E-state index contributed by atoms with van der Waals surface area (Å²) in [6.07, 6.45) is 6.54. The van der Waals surface area contributed by atoms with E-state index in [9.17, 15) is 9.59 Å². The molecule has 1 unspecified atom stereocenters. The second-order valence-corrected chi connectivity index (χ2v) is 6.59. The van der Waals surface area contributed by atoms with Crippen LogP contribution in [0.25, 0.3) is 6.08 Å². The van der Waals surface area contributed by atoms with Gasteiger partial charge in [-0.2, -0.15) is 5.10 Å². The first kappa shape index (κ1) is 20.8. The van der Waals surface area contributed by atoms with E-state index >= 15 is 0 Å². The summed E-state index contributed by atoms with van der Waals surface area (Å²) in [7, 11) is 0. The van der Waals surface area contributed by atoms with Crippen molar-refractivity contribution in [2.24, 2.45) is 0 Å². The van der Waals surface area contributed by atoms with Crippen molar-refractivity contribution in [2.45, 2.75) is 52.7 Å². The molecule has 2 N–H and O–H groups in total. The average molecular weight is 393 g/mol. The molecular weight excluding hydrogens is 368 g/mol. The number of carbonyl (C=O) groups is 2. The molecule has 0 saturated heterocycles. The molecule has 0 radical (unpaired) electrons. The summed E-state index contributed by atoms with van der Waals surface area (Å²) in [4.78, 5) is 24.1. The van der Waals surface area contributed by atoms with Gasteiger partial charge < -0.3 is 15.1 Å². The van der Waals surface area contributed by atoms with E-state index in [4.69, 9.17) is 16.0 Å². The van der Waals surface area contributed by atoms with Crippen LogP contribution in [0, 0.1) is 6.92 Å². The van der Waals surface area contributed by atoms with Crippen molar-refractivity contribution in [2.75, 3.05) is 0 Å². The van der Waals surface area contributed by atoms with Crippen LogP contribution in [0.1, 0.15) is 43.7 Å². The van der Waals surface area contributed by atoms with E-state index in [0.29, 0.717) is 16.5 Å². The maximum absolute atomic E-state index is 12.1. The smallest absolute Gasteiger partial charge is 0.244 e. The molecule has 2 aromatic rings. The first-order valence-electron chi connectivity index (χ1n) is 8.94. The third kappa shape index (κ3) is 5.99. The lowest BCUT2D eigenvalue weighted by Gasteiger charge is -2.12. The number of nitrogens with one attached hydrogen (secondary N) is 2. The number of amides is 2. The third-order valence-electron chi connectivity index (χ3n) is 4.00. The molecule has 1 atom stereocenters. The fourth-order valence-electron chi connectivity index (χ4n) is 2.44. The second kappa shape index (κ2) is 9.97. The van der Waals surface area contributed by atoms with Crippen molar-refractivity contribution >= 4 is 29.5 Å². The van der Waals surface area contributed by atoms with E-state index in [1.54, 1.807) is 29.8 Å². The Hall–Kier alpha value is -2.54. The number of nitrogens with zero attached hydrogens (tertiary/aromatic N) is 2. The number of hydrogen-bond acceptors (Lipinski definition) is 4. The summed E-state index contributed by atoms with van der Waals surface area (Å²) in [5.74, 6) is -0.0332. The van der Waals surface area contributed by atoms with Crippen LogP contribution in [0.3, 0.4) is 0 Å². The number of hydrogen-bond donors (Lipinski definition) is 2. The molecule has 0 saturated carbocycles. The van der Waals surface area contributed by atoms with Crippen LogP contribution < -0.4 is 10.6 Å². The van der Waals surface area contributed by atoms with Crippen LogP contribution in [0.15, 0.2) is 28.9 Å². The van der Waals surface area contributed by atoms with E-state index in [2.05, 4.69) is 22.7 Å². The molecule has 0 spiro atoms. The molecule has 2 rings (SSSR count). The van der Waals surface area contributed by atoms with Crippen molar-refractivity contribution in [1.82, 2.24) is 20.4 Å². The molecule has 2 aromatic heterocycles. The normalized spacial score (nSPS) is 12.3. The summed E-state index contributed by atoms with van der Waals surface area (Å²) in [5.41, 5.74) is 1.46. The van der Waals surface area contributed by atoms with Crippen LogP contribution in [-0.2, 0) is 22.7 Å². The van der Waals surface area contributed by atoms with Crippen LogP contribution in [0.5, 0.6) is 0 Å². The zero-order valence-electron chi connectivity index (χ0n) is 15.8. The lowest BCUT2D eigenvalue weighted by Crippen LogP contribution is -2.44. The first-order valence-corrected chi connectivity index (χ1v) is 9.31. The van der Waals surface area contributed by atoms with Gasteiger partial charge in [0.1, 0.15) is 17.0 Å². The number of unbranched alkanes of at least 4 members (excludes halogenated alkanes) is 1. The summed E-state index contributed by atoms with van der Waals surface area (Å²) in [6.45, 7) is 6.57. The lowest BCUT2D eigenvalue weighted by molar-refractivity contribution is -0.126. The minimum absolute atomic E-state index is 0.271. The molecule has 0 aliphatic rings. The van der Waals surface area contributed by atoms with Crippen molar-refractivity contribution < 1.29 is 14.0 Å². The summed E-state index contributed by atoms with van der Waals surface area (Å²) >= 11 is 6.34. The fraction of sp³-hybridized carbons (Fsp3) is 0.421. The highest BCUT2D eigenvalue weighted by molar-refractivity contribution is 6.31. The molecule has 0 aromatic carbocycles. The maximum Gasteiger partial charge on any atom is 0.244 e. The Labute approximate surface area is 163 Å². The molecule has 2 heterocycles. The average Bonchev–Trinajstić information content (AvgIpc) is 3.24. The van der Waals surface area contributed by atoms with Gasteiger partial charge in [-0.3, -0.25) is 14.3 Å². The number of aromatic nitrogens is 2. The predicted octanol–water partition coefficient (Wildman–Crippen LogP) is 3.07. The Kier molecular flexibility index (Phi) is 7.67. The minimum Gasteiger partial charge on any atom is -0.467 e. The number of furan rings is 1. The summed E-state index contributed by atoms with van der Waals surface area (Å²) in [6, 6.07) is 2.83. The van der Waals surface area contributed by atoms with Gasteiger partial charge in [0.25, 0.3) is 0 Å². The Balaban J connectivity index is 1.88. The van der Waals surface area contributed by atoms with Gasteiger partial charge in [0.15, 0.2) is 0 Å². The Morgan fingerprint density at radius 3 is 2.89 bits per heavy atom. The standard InChI is InChI=1S/C19H25ClN4O3/c1-4-5-10-24-18(20)16(13(2)23-24)8-9-17(25)22-14(3)19(26)21-12-15-7-6-11-27-15/h6-9,11,14H,4-5,10,12H2,1-3H3,(H,21,26)(H,22,25)/b9-8+. The van der Waals surface area contributed by atoms with Crippen molar-refractivity contribution in [3.63, 3.8) is 0 Å². The van der Waals surface area contributed by atoms with E-state index in [1.165, 1.54) is 12.3 Å². The maximum atomic E-state index is 12.1. The summed E-state index contributed by atoms with van der Waals surface area (Å²) in [5, 5.41) is 10.2. The number of rotatable bonds is 9. The van der Waals surface area contributed by atoms with Gasteiger partial charge >= 0.3 is 0 Å². The molecule has 8 heteroatoms. The fourth-order valence-corrected chi connectivity index (χ4v) is 2.76. The van der Waals surface area contributed by atoms with Crippen molar-refractivity contribution in [1.29, 1.82) is 0 Å². The van der Waals surface area contributed by atoms with Crippen LogP contribution >= 0.6 is 11.6 Å². The van der Waals surface area contributed by atoms with Gasteiger partial charge in [0, 0.05) is 18.2 Å². The van der Waals surface area contributed by atoms with Gasteiger partial charge in [0.2, 0.25) is 11.8 Å². The zero-order valence-corrected chi connectivity index (χ0v) is 16.5. The van der Waals surface area contributed by atoms with Gasteiger partial charge in [-0.25, -0.2) is 0 Å². The molecule has 27 heavy (non-hydrogen) atoms. The highest BCUT2D eigenvalue weighted by Gasteiger charge is 2.15. The highest BCUT2D eigenvalue weighted by atomic mass is 35.5.